The summed E-state index contributed by atoms with van der Waals surface area (Å²) in [6, 6.07) is 4.07. The van der Waals surface area contributed by atoms with Crippen LogP contribution in [0.3, 0.4) is 0 Å². The molecule has 98 valence electrons. The van der Waals surface area contributed by atoms with Crippen molar-refractivity contribution in [2.45, 2.75) is 13.3 Å². The monoisotopic (exact) mass is 272 g/mol. The van der Waals surface area contributed by atoms with E-state index >= 15 is 0 Å². The Morgan fingerprint density at radius 2 is 1.94 bits per heavy atom. The standard InChI is InChI=1S/C12H14ClFN2O2/c1-8(17)15-6-3-7-16-12(18)11-9(13)4-2-5-10(11)14/h2,4-5H,3,6-7H2,1H3,(H,15,17)(H,16,18). The molecule has 2 amide bonds. The van der Waals surface area contributed by atoms with E-state index in [2.05, 4.69) is 10.6 Å². The quantitative estimate of drug-likeness (QED) is 0.802. The third-order valence-electron chi connectivity index (χ3n) is 2.20. The molecule has 0 saturated heterocycles. The first kappa shape index (κ1) is 14.4. The summed E-state index contributed by atoms with van der Waals surface area (Å²) in [5.74, 6) is -1.33. The van der Waals surface area contributed by atoms with Crippen molar-refractivity contribution in [1.82, 2.24) is 10.6 Å². The highest BCUT2D eigenvalue weighted by Crippen LogP contribution is 2.18. The lowest BCUT2D eigenvalue weighted by atomic mass is 10.2. The van der Waals surface area contributed by atoms with Gasteiger partial charge < -0.3 is 10.6 Å². The molecular formula is C12H14ClFN2O2. The Kier molecular flexibility index (Phi) is 5.58. The van der Waals surface area contributed by atoms with E-state index in [0.29, 0.717) is 19.5 Å². The summed E-state index contributed by atoms with van der Waals surface area (Å²) in [4.78, 5) is 22.2. The summed E-state index contributed by atoms with van der Waals surface area (Å²) in [5, 5.41) is 5.21. The summed E-state index contributed by atoms with van der Waals surface area (Å²) in [6.07, 6.45) is 0.567. The Bertz CT molecular complexity index is 431. The first-order chi connectivity index (χ1) is 8.52. The van der Waals surface area contributed by atoms with E-state index in [1.165, 1.54) is 25.1 Å². The van der Waals surface area contributed by atoms with Gasteiger partial charge in [0, 0.05) is 20.0 Å². The van der Waals surface area contributed by atoms with Crippen molar-refractivity contribution in [2.75, 3.05) is 13.1 Å². The number of carbonyl (C=O) groups excluding carboxylic acids is 2. The van der Waals surface area contributed by atoms with Crippen LogP contribution in [-0.4, -0.2) is 24.9 Å². The number of benzene rings is 1. The Hall–Kier alpha value is -1.62. The van der Waals surface area contributed by atoms with E-state index in [9.17, 15) is 14.0 Å². The summed E-state index contributed by atoms with van der Waals surface area (Å²) < 4.78 is 13.4. The Morgan fingerprint density at radius 3 is 2.56 bits per heavy atom. The molecule has 0 saturated carbocycles. The van der Waals surface area contributed by atoms with E-state index in [-0.39, 0.29) is 16.5 Å². The maximum Gasteiger partial charge on any atom is 0.255 e. The number of hydrogen-bond donors (Lipinski definition) is 2. The minimum Gasteiger partial charge on any atom is -0.356 e. The van der Waals surface area contributed by atoms with Gasteiger partial charge in [-0.2, -0.15) is 0 Å². The number of nitrogens with one attached hydrogen (secondary N) is 2. The molecule has 0 heterocycles. The highest BCUT2D eigenvalue weighted by atomic mass is 35.5. The summed E-state index contributed by atoms with van der Waals surface area (Å²) >= 11 is 5.75. The molecule has 0 aromatic heterocycles. The van der Waals surface area contributed by atoms with Gasteiger partial charge in [-0.15, -0.1) is 0 Å². The minimum atomic E-state index is -0.651. The van der Waals surface area contributed by atoms with Crippen LogP contribution in [0.25, 0.3) is 0 Å². The van der Waals surface area contributed by atoms with E-state index < -0.39 is 11.7 Å². The molecule has 0 unspecified atom stereocenters. The molecule has 1 aromatic carbocycles. The highest BCUT2D eigenvalue weighted by Gasteiger charge is 2.14. The maximum absolute atomic E-state index is 13.4. The molecule has 1 aromatic rings. The van der Waals surface area contributed by atoms with Crippen molar-refractivity contribution < 1.29 is 14.0 Å². The molecule has 0 spiro atoms. The van der Waals surface area contributed by atoms with Gasteiger partial charge in [0.25, 0.3) is 5.91 Å². The van der Waals surface area contributed by atoms with E-state index in [1.807, 2.05) is 0 Å². The highest BCUT2D eigenvalue weighted by molar-refractivity contribution is 6.33. The molecule has 6 heteroatoms. The molecule has 0 aliphatic heterocycles. The topological polar surface area (TPSA) is 58.2 Å². The van der Waals surface area contributed by atoms with Crippen molar-refractivity contribution in [3.63, 3.8) is 0 Å². The third kappa shape index (κ3) is 4.33. The third-order valence-corrected chi connectivity index (χ3v) is 2.52. The number of amides is 2. The van der Waals surface area contributed by atoms with Gasteiger partial charge in [0.2, 0.25) is 5.91 Å². The lowest BCUT2D eigenvalue weighted by molar-refractivity contribution is -0.118. The lowest BCUT2D eigenvalue weighted by Gasteiger charge is -2.07. The zero-order valence-corrected chi connectivity index (χ0v) is 10.7. The van der Waals surface area contributed by atoms with Crippen molar-refractivity contribution in [3.05, 3.63) is 34.6 Å². The van der Waals surface area contributed by atoms with Crippen molar-refractivity contribution in [3.8, 4) is 0 Å². The molecule has 0 bridgehead atoms. The zero-order chi connectivity index (χ0) is 13.5. The fourth-order valence-corrected chi connectivity index (χ4v) is 1.61. The molecule has 18 heavy (non-hydrogen) atoms. The van der Waals surface area contributed by atoms with Gasteiger partial charge in [-0.25, -0.2) is 4.39 Å². The SMILES string of the molecule is CC(=O)NCCCNC(=O)c1c(F)cccc1Cl. The summed E-state index contributed by atoms with van der Waals surface area (Å²) in [7, 11) is 0. The second-order valence-electron chi connectivity index (χ2n) is 3.69. The smallest absolute Gasteiger partial charge is 0.255 e. The maximum atomic E-state index is 13.4. The normalized spacial score (nSPS) is 9.94. The fraction of sp³-hybridized carbons (Fsp3) is 0.333. The molecule has 0 fully saturated rings. The molecule has 0 aliphatic carbocycles. The van der Waals surface area contributed by atoms with Crippen LogP contribution >= 0.6 is 11.6 Å². The number of carbonyl (C=O) groups is 2. The second-order valence-corrected chi connectivity index (χ2v) is 4.10. The molecule has 0 aliphatic rings. The van der Waals surface area contributed by atoms with Crippen molar-refractivity contribution >= 4 is 23.4 Å². The van der Waals surface area contributed by atoms with E-state index in [0.717, 1.165) is 0 Å². The van der Waals surface area contributed by atoms with Gasteiger partial charge in [-0.05, 0) is 18.6 Å². The van der Waals surface area contributed by atoms with Gasteiger partial charge >= 0.3 is 0 Å². The van der Waals surface area contributed by atoms with Gasteiger partial charge in [0.15, 0.2) is 0 Å². The predicted molar refractivity (Wildman–Crippen MR) is 67.0 cm³/mol. The van der Waals surface area contributed by atoms with E-state index in [4.69, 9.17) is 11.6 Å². The van der Waals surface area contributed by atoms with Gasteiger partial charge in [0.1, 0.15) is 5.82 Å². The molecule has 2 N–H and O–H groups in total. The van der Waals surface area contributed by atoms with Crippen LogP contribution in [0.4, 0.5) is 4.39 Å². The van der Waals surface area contributed by atoms with E-state index in [1.54, 1.807) is 0 Å². The van der Waals surface area contributed by atoms with Crippen LogP contribution in [0.2, 0.25) is 5.02 Å². The lowest BCUT2D eigenvalue weighted by Crippen LogP contribution is -2.29. The molecule has 1 rings (SSSR count). The van der Waals surface area contributed by atoms with Gasteiger partial charge in [-0.3, -0.25) is 9.59 Å². The first-order valence-electron chi connectivity index (χ1n) is 5.49. The molecule has 4 nitrogen and oxygen atoms in total. The van der Waals surface area contributed by atoms with Crippen LogP contribution in [0.15, 0.2) is 18.2 Å². The number of hydrogen-bond acceptors (Lipinski definition) is 2. The predicted octanol–water partition coefficient (Wildman–Crippen LogP) is 1.74. The minimum absolute atomic E-state index is 0.0781. The average Bonchev–Trinajstić information content (AvgIpc) is 2.27. The van der Waals surface area contributed by atoms with Crippen LogP contribution in [0.1, 0.15) is 23.7 Å². The average molecular weight is 273 g/mol. The van der Waals surface area contributed by atoms with Crippen LogP contribution in [0.5, 0.6) is 0 Å². The van der Waals surface area contributed by atoms with Crippen molar-refractivity contribution in [1.29, 1.82) is 0 Å². The first-order valence-corrected chi connectivity index (χ1v) is 5.87. The fourth-order valence-electron chi connectivity index (χ4n) is 1.36. The number of rotatable bonds is 5. The summed E-state index contributed by atoms with van der Waals surface area (Å²) in [6.45, 7) is 2.21. The molecular weight excluding hydrogens is 259 g/mol. The van der Waals surface area contributed by atoms with Crippen LogP contribution in [0, 0.1) is 5.82 Å². The second kappa shape index (κ2) is 6.96. The summed E-state index contributed by atoms with van der Waals surface area (Å²) in [5.41, 5.74) is -0.154. The van der Waals surface area contributed by atoms with Gasteiger partial charge in [0.05, 0.1) is 10.6 Å². The zero-order valence-electron chi connectivity index (χ0n) is 9.93. The Balaban J connectivity index is 2.44. The van der Waals surface area contributed by atoms with Crippen molar-refractivity contribution in [2.24, 2.45) is 0 Å². The van der Waals surface area contributed by atoms with Crippen LogP contribution in [-0.2, 0) is 4.79 Å². The van der Waals surface area contributed by atoms with Gasteiger partial charge in [-0.1, -0.05) is 17.7 Å². The Labute approximate surface area is 110 Å². The van der Waals surface area contributed by atoms with Crippen LogP contribution < -0.4 is 10.6 Å². The number of halogens is 2. The Morgan fingerprint density at radius 1 is 1.28 bits per heavy atom. The molecule has 0 atom stereocenters. The largest absolute Gasteiger partial charge is 0.356 e. The molecule has 0 radical (unpaired) electrons.